The standard InChI is InChI=1S/C22H20O4.C20H18O3.C4H6O3.C2H4O2.CH4/c1-15(23)26-21-9-4-17(5-10-21)13-19-14-18(6-11-22(19)25)12-16-2-7-20(24)8-3-16;21-18-6-1-14(2-7-18)11-16-5-10-20(23)17(13-16)12-15-3-8-19(22)9-4-15;1-3(5)7-4(2)6;1-2(3)4;/h2-11,14,24-25H,12-13H2,1H3;1-10,13,21-23H,11-12H2;1-2H3;1H3,(H,3,4);1H4. The summed E-state index contributed by atoms with van der Waals surface area (Å²) < 4.78 is 9.00. The molecule has 6 N–H and O–H groups in total. The van der Waals surface area contributed by atoms with Gasteiger partial charge in [-0.3, -0.25) is 19.2 Å². The molecule has 0 radical (unpaired) electrons. The van der Waals surface area contributed by atoms with Gasteiger partial charge < -0.3 is 40.1 Å². The van der Waals surface area contributed by atoms with Gasteiger partial charge >= 0.3 is 17.9 Å². The number of hydrogen-bond donors (Lipinski definition) is 6. The summed E-state index contributed by atoms with van der Waals surface area (Å²) in [6.07, 6.45) is 2.65. The van der Waals surface area contributed by atoms with Gasteiger partial charge in [0.1, 0.15) is 34.5 Å². The zero-order valence-corrected chi connectivity index (χ0v) is 33.7. The summed E-state index contributed by atoms with van der Waals surface area (Å²) in [5.74, 6) is -0.538. The summed E-state index contributed by atoms with van der Waals surface area (Å²) in [4.78, 5) is 39.6. The SMILES string of the molecule is C.CC(=O)O.CC(=O)OC(C)=O.CC(=O)Oc1ccc(Cc2cc(Cc3ccc(O)cc3)ccc2O)cc1.Oc1ccc(Cc2ccc(O)c(Cc3ccc(O)cc3)c2)cc1. The predicted molar refractivity (Wildman–Crippen MR) is 232 cm³/mol. The number of carbonyl (C=O) groups excluding carboxylic acids is 3. The first-order valence-corrected chi connectivity index (χ1v) is 18.6. The van der Waals surface area contributed by atoms with Gasteiger partial charge in [-0.15, -0.1) is 0 Å². The minimum atomic E-state index is -0.833. The molecule has 6 aromatic rings. The maximum absolute atomic E-state index is 11.0. The van der Waals surface area contributed by atoms with Gasteiger partial charge in [0.15, 0.2) is 0 Å². The molecular formula is C49H52O12. The predicted octanol–water partition coefficient (Wildman–Crippen LogP) is 9.01. The van der Waals surface area contributed by atoms with Crippen molar-refractivity contribution in [3.05, 3.63) is 178 Å². The first-order chi connectivity index (χ1) is 28.4. The number of rotatable bonds is 9. The lowest BCUT2D eigenvalue weighted by Gasteiger charge is -2.09. The first kappa shape index (κ1) is 49.5. The van der Waals surface area contributed by atoms with E-state index >= 15 is 0 Å². The minimum Gasteiger partial charge on any atom is -0.508 e. The van der Waals surface area contributed by atoms with E-state index in [0.717, 1.165) is 64.3 Å². The van der Waals surface area contributed by atoms with Crippen molar-refractivity contribution < 1.29 is 59.3 Å². The zero-order valence-electron chi connectivity index (χ0n) is 33.7. The van der Waals surface area contributed by atoms with Crippen LogP contribution in [0.5, 0.6) is 34.5 Å². The highest BCUT2D eigenvalue weighted by molar-refractivity contribution is 5.82. The van der Waals surface area contributed by atoms with Gasteiger partial charge in [0.25, 0.3) is 5.97 Å². The van der Waals surface area contributed by atoms with Gasteiger partial charge in [-0.05, 0) is 118 Å². The summed E-state index contributed by atoms with van der Waals surface area (Å²) >= 11 is 0. The molecule has 12 nitrogen and oxygen atoms in total. The summed E-state index contributed by atoms with van der Waals surface area (Å²) in [6.45, 7) is 4.81. The molecule has 0 fully saturated rings. The molecule has 0 saturated heterocycles. The number of aromatic hydroxyl groups is 5. The number of carbonyl (C=O) groups is 4. The van der Waals surface area contributed by atoms with E-state index in [-0.39, 0.29) is 42.1 Å². The number of ether oxygens (including phenoxy) is 2. The Hall–Kier alpha value is -7.60. The van der Waals surface area contributed by atoms with Crippen LogP contribution >= 0.6 is 0 Å². The summed E-state index contributed by atoms with van der Waals surface area (Å²) in [6, 6.07) is 39.7. The van der Waals surface area contributed by atoms with Crippen molar-refractivity contribution in [2.75, 3.05) is 0 Å². The average Bonchev–Trinajstić information content (AvgIpc) is 3.17. The van der Waals surface area contributed by atoms with Crippen molar-refractivity contribution in [2.24, 2.45) is 0 Å². The topological polar surface area (TPSA) is 208 Å². The van der Waals surface area contributed by atoms with Crippen LogP contribution in [0, 0.1) is 0 Å². The van der Waals surface area contributed by atoms with Crippen LogP contribution in [0.4, 0.5) is 0 Å². The van der Waals surface area contributed by atoms with Gasteiger partial charge in [0, 0.05) is 40.5 Å². The third-order valence-electron chi connectivity index (χ3n) is 8.17. The lowest BCUT2D eigenvalue weighted by Crippen LogP contribution is -2.03. The lowest BCUT2D eigenvalue weighted by molar-refractivity contribution is -0.156. The number of carboxylic acid groups (broad SMARTS) is 1. The number of phenols is 5. The van der Waals surface area contributed by atoms with E-state index in [1.807, 2.05) is 72.8 Å². The Bertz CT molecular complexity index is 2300. The molecule has 6 rings (SSSR count). The Kier molecular flexibility index (Phi) is 20.3. The summed E-state index contributed by atoms with van der Waals surface area (Å²) in [7, 11) is 0. The molecule has 12 heteroatoms. The van der Waals surface area contributed by atoms with Crippen molar-refractivity contribution in [3.63, 3.8) is 0 Å². The van der Waals surface area contributed by atoms with Crippen molar-refractivity contribution in [1.82, 2.24) is 0 Å². The molecule has 0 aromatic heterocycles. The Morgan fingerprint density at radius 3 is 0.967 bits per heavy atom. The number of carboxylic acids is 1. The van der Waals surface area contributed by atoms with Gasteiger partial charge in [-0.1, -0.05) is 80.2 Å². The second-order valence-corrected chi connectivity index (χ2v) is 13.5. The third kappa shape index (κ3) is 19.6. The zero-order chi connectivity index (χ0) is 44.2. The van der Waals surface area contributed by atoms with Crippen LogP contribution in [0.3, 0.4) is 0 Å². The monoisotopic (exact) mass is 832 g/mol. The van der Waals surface area contributed by atoms with Gasteiger partial charge in [0.2, 0.25) is 0 Å². The van der Waals surface area contributed by atoms with Crippen molar-refractivity contribution in [2.45, 2.75) is 60.8 Å². The second-order valence-electron chi connectivity index (χ2n) is 13.5. The van der Waals surface area contributed by atoms with Crippen LogP contribution < -0.4 is 4.74 Å². The molecule has 6 aromatic carbocycles. The summed E-state index contributed by atoms with van der Waals surface area (Å²) in [5, 5.41) is 55.7. The van der Waals surface area contributed by atoms with Crippen LogP contribution in [0.2, 0.25) is 0 Å². The fourth-order valence-corrected chi connectivity index (χ4v) is 5.58. The Morgan fingerprint density at radius 1 is 0.410 bits per heavy atom. The number of esters is 3. The van der Waals surface area contributed by atoms with E-state index in [9.17, 15) is 39.9 Å². The fraction of sp³-hybridized carbons (Fsp3) is 0.184. The van der Waals surface area contributed by atoms with Crippen LogP contribution in [0.15, 0.2) is 133 Å². The highest BCUT2D eigenvalue weighted by atomic mass is 16.6. The molecule has 0 atom stereocenters. The summed E-state index contributed by atoms with van der Waals surface area (Å²) in [5.41, 5.74) is 8.10. The van der Waals surface area contributed by atoms with Crippen LogP contribution in [0.25, 0.3) is 0 Å². The Morgan fingerprint density at radius 2 is 0.689 bits per heavy atom. The number of hydrogen-bond acceptors (Lipinski definition) is 11. The molecule has 0 amide bonds. The van der Waals surface area contributed by atoms with E-state index in [4.69, 9.17) is 14.6 Å². The van der Waals surface area contributed by atoms with Crippen LogP contribution in [0.1, 0.15) is 79.6 Å². The highest BCUT2D eigenvalue weighted by Crippen LogP contribution is 2.26. The molecule has 0 aliphatic carbocycles. The van der Waals surface area contributed by atoms with Crippen molar-refractivity contribution in [3.8, 4) is 34.5 Å². The molecule has 0 aliphatic heterocycles. The van der Waals surface area contributed by atoms with Crippen LogP contribution in [-0.2, 0) is 49.6 Å². The molecule has 0 bridgehead atoms. The highest BCUT2D eigenvalue weighted by Gasteiger charge is 2.08. The fourth-order valence-electron chi connectivity index (χ4n) is 5.58. The second kappa shape index (κ2) is 25.0. The van der Waals surface area contributed by atoms with Crippen LogP contribution in [-0.4, -0.2) is 54.5 Å². The first-order valence-electron chi connectivity index (χ1n) is 18.6. The normalized spacial score (nSPS) is 9.77. The lowest BCUT2D eigenvalue weighted by atomic mass is 9.98. The molecule has 0 unspecified atom stereocenters. The largest absolute Gasteiger partial charge is 0.508 e. The molecular weight excluding hydrogens is 781 g/mol. The Labute approximate surface area is 355 Å². The molecule has 61 heavy (non-hydrogen) atoms. The number of benzene rings is 6. The van der Waals surface area contributed by atoms with E-state index in [0.29, 0.717) is 18.6 Å². The maximum atomic E-state index is 11.0. The number of aliphatic carboxylic acids is 1. The van der Waals surface area contributed by atoms with Crippen molar-refractivity contribution in [1.29, 1.82) is 0 Å². The van der Waals surface area contributed by atoms with Crippen molar-refractivity contribution >= 4 is 23.9 Å². The third-order valence-corrected chi connectivity index (χ3v) is 8.17. The van der Waals surface area contributed by atoms with E-state index < -0.39 is 17.9 Å². The molecule has 0 aliphatic rings. The molecule has 320 valence electrons. The smallest absolute Gasteiger partial charge is 0.310 e. The van der Waals surface area contributed by atoms with E-state index in [2.05, 4.69) is 4.74 Å². The van der Waals surface area contributed by atoms with E-state index in [1.165, 1.54) is 20.8 Å². The molecule has 0 saturated carbocycles. The number of phenolic OH excluding ortho intramolecular Hbond substituents is 5. The maximum Gasteiger partial charge on any atom is 0.310 e. The quantitative estimate of drug-likeness (QED) is 0.0458. The molecule has 0 spiro atoms. The van der Waals surface area contributed by atoms with Gasteiger partial charge in [-0.25, -0.2) is 0 Å². The van der Waals surface area contributed by atoms with Gasteiger partial charge in [-0.2, -0.15) is 0 Å². The average molecular weight is 833 g/mol. The van der Waals surface area contributed by atoms with Gasteiger partial charge in [0.05, 0.1) is 0 Å². The van der Waals surface area contributed by atoms with E-state index in [1.54, 1.807) is 60.7 Å². The Balaban J connectivity index is 0.000000335. The molecule has 0 heterocycles. The minimum absolute atomic E-state index is 0.